The van der Waals surface area contributed by atoms with E-state index in [1.54, 1.807) is 0 Å². The predicted octanol–water partition coefficient (Wildman–Crippen LogP) is 2.29. The molecule has 4 heteroatoms. The lowest BCUT2D eigenvalue weighted by Gasteiger charge is -2.28. The lowest BCUT2D eigenvalue weighted by Crippen LogP contribution is -2.44. The Morgan fingerprint density at radius 2 is 2.22 bits per heavy atom. The molecule has 98 valence electrons. The highest BCUT2D eigenvalue weighted by Crippen LogP contribution is 2.13. The molecule has 1 fully saturated rings. The molecule has 1 saturated heterocycles. The molecule has 0 aliphatic carbocycles. The van der Waals surface area contributed by atoms with Crippen molar-refractivity contribution in [1.82, 2.24) is 10.2 Å². The Labute approximate surface area is 108 Å². The Morgan fingerprint density at radius 3 is 2.83 bits per heavy atom. The van der Waals surface area contributed by atoms with Crippen LogP contribution in [0.4, 0.5) is 10.5 Å². The van der Waals surface area contributed by atoms with Gasteiger partial charge in [0.2, 0.25) is 0 Å². The lowest BCUT2D eigenvalue weighted by molar-refractivity contribution is 0.192. The van der Waals surface area contributed by atoms with Gasteiger partial charge < -0.3 is 15.5 Å². The fraction of sp³-hybridized carbons (Fsp3) is 0.500. The molecule has 18 heavy (non-hydrogen) atoms. The number of amides is 2. The van der Waals surface area contributed by atoms with Gasteiger partial charge in [0.1, 0.15) is 0 Å². The van der Waals surface area contributed by atoms with Gasteiger partial charge in [-0.3, -0.25) is 0 Å². The number of urea groups is 1. The molecule has 1 aromatic carbocycles. The molecule has 0 spiro atoms. The Hall–Kier alpha value is -1.55. The van der Waals surface area contributed by atoms with Gasteiger partial charge in [0, 0.05) is 24.8 Å². The van der Waals surface area contributed by atoms with E-state index in [-0.39, 0.29) is 6.03 Å². The van der Waals surface area contributed by atoms with Gasteiger partial charge in [0.15, 0.2) is 0 Å². The highest BCUT2D eigenvalue weighted by Gasteiger charge is 2.25. The van der Waals surface area contributed by atoms with Crippen molar-refractivity contribution in [2.75, 3.05) is 25.0 Å². The second-order valence-electron chi connectivity index (χ2n) is 4.64. The number of anilines is 1. The summed E-state index contributed by atoms with van der Waals surface area (Å²) in [4.78, 5) is 14.2. The number of rotatable bonds is 4. The molecular weight excluding hydrogens is 226 g/mol. The van der Waals surface area contributed by atoms with Gasteiger partial charge in [-0.05, 0) is 31.5 Å². The van der Waals surface area contributed by atoms with Gasteiger partial charge in [-0.15, -0.1) is 0 Å². The van der Waals surface area contributed by atoms with E-state index in [1.165, 1.54) is 0 Å². The third kappa shape index (κ3) is 3.23. The number of carbonyl (C=O) groups is 1. The van der Waals surface area contributed by atoms with Crippen molar-refractivity contribution in [3.63, 3.8) is 0 Å². The van der Waals surface area contributed by atoms with Crippen LogP contribution in [-0.4, -0.2) is 36.6 Å². The van der Waals surface area contributed by atoms with Gasteiger partial charge in [-0.25, -0.2) is 4.79 Å². The highest BCUT2D eigenvalue weighted by molar-refractivity contribution is 5.89. The summed E-state index contributed by atoms with van der Waals surface area (Å²) in [5, 5.41) is 6.27. The molecule has 1 aliphatic rings. The molecule has 1 aliphatic heterocycles. The van der Waals surface area contributed by atoms with E-state index < -0.39 is 0 Å². The average molecular weight is 247 g/mol. The number of hydrogen-bond donors (Lipinski definition) is 2. The maximum Gasteiger partial charge on any atom is 0.322 e. The second-order valence-corrected chi connectivity index (χ2v) is 4.64. The molecule has 2 rings (SSSR count). The topological polar surface area (TPSA) is 44.4 Å². The van der Waals surface area contributed by atoms with Crippen molar-refractivity contribution in [1.29, 1.82) is 0 Å². The van der Waals surface area contributed by atoms with E-state index in [1.807, 2.05) is 35.2 Å². The van der Waals surface area contributed by atoms with Gasteiger partial charge in [-0.2, -0.15) is 0 Å². The predicted molar refractivity (Wildman–Crippen MR) is 73.7 cm³/mol. The number of hydrogen-bond acceptors (Lipinski definition) is 2. The fourth-order valence-electron chi connectivity index (χ4n) is 2.31. The molecule has 0 bridgehead atoms. The number of benzene rings is 1. The number of nitrogens with one attached hydrogen (secondary N) is 2. The van der Waals surface area contributed by atoms with E-state index in [4.69, 9.17) is 0 Å². The first-order chi connectivity index (χ1) is 8.81. The van der Waals surface area contributed by atoms with Crippen LogP contribution in [0.1, 0.15) is 19.8 Å². The van der Waals surface area contributed by atoms with Crippen molar-refractivity contribution in [3.8, 4) is 0 Å². The minimum Gasteiger partial charge on any atom is -0.320 e. The molecule has 1 aromatic rings. The van der Waals surface area contributed by atoms with Crippen LogP contribution in [0.2, 0.25) is 0 Å². The molecule has 2 N–H and O–H groups in total. The van der Waals surface area contributed by atoms with Gasteiger partial charge in [-0.1, -0.05) is 25.1 Å². The van der Waals surface area contributed by atoms with Crippen LogP contribution >= 0.6 is 0 Å². The highest BCUT2D eigenvalue weighted by atomic mass is 16.2. The Balaban J connectivity index is 1.99. The largest absolute Gasteiger partial charge is 0.322 e. The van der Waals surface area contributed by atoms with E-state index in [9.17, 15) is 4.79 Å². The van der Waals surface area contributed by atoms with Crippen molar-refractivity contribution in [3.05, 3.63) is 30.3 Å². The quantitative estimate of drug-likeness (QED) is 0.857. The monoisotopic (exact) mass is 247 g/mol. The van der Waals surface area contributed by atoms with Crippen molar-refractivity contribution in [2.24, 2.45) is 0 Å². The van der Waals surface area contributed by atoms with Crippen LogP contribution in [-0.2, 0) is 0 Å². The zero-order chi connectivity index (χ0) is 12.8. The van der Waals surface area contributed by atoms with Crippen LogP contribution < -0.4 is 10.6 Å². The molecule has 1 atom stereocenters. The Bertz CT molecular complexity index is 374. The summed E-state index contributed by atoms with van der Waals surface area (Å²) >= 11 is 0. The summed E-state index contributed by atoms with van der Waals surface area (Å²) in [7, 11) is 0. The van der Waals surface area contributed by atoms with E-state index in [0.717, 1.165) is 38.2 Å². The van der Waals surface area contributed by atoms with Crippen molar-refractivity contribution >= 4 is 11.7 Å². The summed E-state index contributed by atoms with van der Waals surface area (Å²) in [6, 6.07) is 9.96. The molecular formula is C14H21N3O. The van der Waals surface area contributed by atoms with E-state index in [2.05, 4.69) is 17.6 Å². The van der Waals surface area contributed by atoms with Crippen LogP contribution in [0.3, 0.4) is 0 Å². The van der Waals surface area contributed by atoms with Crippen molar-refractivity contribution in [2.45, 2.75) is 25.8 Å². The molecule has 4 nitrogen and oxygen atoms in total. The lowest BCUT2D eigenvalue weighted by atomic mass is 10.2. The third-order valence-electron chi connectivity index (χ3n) is 3.23. The van der Waals surface area contributed by atoms with Crippen molar-refractivity contribution < 1.29 is 4.79 Å². The summed E-state index contributed by atoms with van der Waals surface area (Å²) in [5.41, 5.74) is 0.856. The minimum absolute atomic E-state index is 0.0109. The third-order valence-corrected chi connectivity index (χ3v) is 3.23. The fourth-order valence-corrected chi connectivity index (χ4v) is 2.31. The smallest absolute Gasteiger partial charge is 0.320 e. The first-order valence-corrected chi connectivity index (χ1v) is 6.64. The first kappa shape index (κ1) is 12.9. The maximum absolute atomic E-state index is 12.3. The summed E-state index contributed by atoms with van der Waals surface area (Å²) in [5.74, 6) is 0. The minimum atomic E-state index is 0.0109. The first-order valence-electron chi connectivity index (χ1n) is 6.64. The zero-order valence-electron chi connectivity index (χ0n) is 10.9. The molecule has 1 unspecified atom stereocenters. The van der Waals surface area contributed by atoms with E-state index >= 15 is 0 Å². The molecule has 0 radical (unpaired) electrons. The standard InChI is InChI=1S/C14H21N3O/c1-2-10-17(13-8-9-15-11-13)14(18)16-12-6-4-3-5-7-12/h3-7,13,15H,2,8-11H2,1H3,(H,16,18). The SMILES string of the molecule is CCCN(C(=O)Nc1ccccc1)C1CCNC1. The summed E-state index contributed by atoms with van der Waals surface area (Å²) in [6.07, 6.45) is 2.03. The molecule has 0 saturated carbocycles. The maximum atomic E-state index is 12.3. The zero-order valence-corrected chi connectivity index (χ0v) is 10.9. The number of nitrogens with zero attached hydrogens (tertiary/aromatic N) is 1. The number of carbonyl (C=O) groups excluding carboxylic acids is 1. The van der Waals surface area contributed by atoms with Gasteiger partial charge in [0.05, 0.1) is 0 Å². The molecule has 1 heterocycles. The molecule has 2 amide bonds. The second kappa shape index (κ2) is 6.40. The van der Waals surface area contributed by atoms with Gasteiger partial charge >= 0.3 is 6.03 Å². The summed E-state index contributed by atoms with van der Waals surface area (Å²) < 4.78 is 0. The van der Waals surface area contributed by atoms with Crippen LogP contribution in [0.25, 0.3) is 0 Å². The average Bonchev–Trinajstić information content (AvgIpc) is 2.90. The number of para-hydroxylation sites is 1. The van der Waals surface area contributed by atoms with Crippen LogP contribution in [0, 0.1) is 0 Å². The van der Waals surface area contributed by atoms with Gasteiger partial charge in [0.25, 0.3) is 0 Å². The molecule has 0 aromatic heterocycles. The van der Waals surface area contributed by atoms with Crippen LogP contribution in [0.15, 0.2) is 30.3 Å². The Morgan fingerprint density at radius 1 is 1.44 bits per heavy atom. The summed E-state index contributed by atoms with van der Waals surface area (Å²) in [6.45, 7) is 4.82. The van der Waals surface area contributed by atoms with E-state index in [0.29, 0.717) is 6.04 Å². The Kier molecular flexibility index (Phi) is 4.59. The normalized spacial score (nSPS) is 18.6. The van der Waals surface area contributed by atoms with Crippen LogP contribution in [0.5, 0.6) is 0 Å².